The fraction of sp³-hybridized carbons (Fsp3) is 0.385. The van der Waals surface area contributed by atoms with Gasteiger partial charge in [0, 0.05) is 10.6 Å². The van der Waals surface area contributed by atoms with Gasteiger partial charge in [0.2, 0.25) is 0 Å². The van der Waals surface area contributed by atoms with Crippen molar-refractivity contribution >= 4 is 17.6 Å². The van der Waals surface area contributed by atoms with Crippen molar-refractivity contribution in [2.24, 2.45) is 0 Å². The predicted octanol–water partition coefficient (Wildman–Crippen LogP) is 2.51. The van der Waals surface area contributed by atoms with Gasteiger partial charge in [-0.25, -0.2) is 9.48 Å². The largest absolute Gasteiger partial charge is 0.479 e. The number of hydrogen-bond donors (Lipinski definition) is 1. The standard InChI is InChI=1S/C13H15ClN4O2/c1-4-13(3,12(19)20)18-11(15-16-17-18)10-7-9(14)6-5-8(10)2/h5-7H,4H2,1-3H3,(H,19,20). The molecule has 7 heteroatoms. The van der Waals surface area contributed by atoms with Gasteiger partial charge in [0.15, 0.2) is 11.4 Å². The Balaban J connectivity index is 2.64. The summed E-state index contributed by atoms with van der Waals surface area (Å²) in [6, 6.07) is 5.35. The van der Waals surface area contributed by atoms with Crippen molar-refractivity contribution in [2.75, 3.05) is 0 Å². The first-order valence-corrected chi connectivity index (χ1v) is 6.56. The summed E-state index contributed by atoms with van der Waals surface area (Å²) in [7, 11) is 0. The molecule has 2 aromatic rings. The van der Waals surface area contributed by atoms with Crippen LogP contribution in [0, 0.1) is 6.92 Å². The van der Waals surface area contributed by atoms with Crippen LogP contribution in [0.4, 0.5) is 0 Å². The van der Waals surface area contributed by atoms with Crippen LogP contribution in [-0.4, -0.2) is 31.3 Å². The zero-order chi connectivity index (χ0) is 14.9. The molecule has 6 nitrogen and oxygen atoms in total. The van der Waals surface area contributed by atoms with Crippen molar-refractivity contribution in [2.45, 2.75) is 32.7 Å². The van der Waals surface area contributed by atoms with Crippen molar-refractivity contribution in [3.05, 3.63) is 28.8 Å². The number of carboxylic acid groups (broad SMARTS) is 1. The molecule has 1 atom stereocenters. The average molecular weight is 295 g/mol. The second kappa shape index (κ2) is 5.20. The fourth-order valence-corrected chi connectivity index (χ4v) is 2.09. The van der Waals surface area contributed by atoms with E-state index in [1.807, 2.05) is 13.0 Å². The Bertz CT molecular complexity index is 656. The summed E-state index contributed by atoms with van der Waals surface area (Å²) < 4.78 is 1.34. The maximum absolute atomic E-state index is 11.5. The van der Waals surface area contributed by atoms with Crippen LogP contribution in [0.25, 0.3) is 11.4 Å². The van der Waals surface area contributed by atoms with Crippen molar-refractivity contribution in [1.29, 1.82) is 0 Å². The summed E-state index contributed by atoms with van der Waals surface area (Å²) in [6.07, 6.45) is 0.361. The fourth-order valence-electron chi connectivity index (χ4n) is 1.91. The molecule has 1 aromatic heterocycles. The minimum absolute atomic E-state index is 0.361. The molecule has 1 unspecified atom stereocenters. The maximum atomic E-state index is 11.5. The first-order valence-electron chi connectivity index (χ1n) is 6.19. The van der Waals surface area contributed by atoms with Gasteiger partial charge in [0.05, 0.1) is 0 Å². The van der Waals surface area contributed by atoms with E-state index in [9.17, 15) is 9.90 Å². The third-order valence-electron chi connectivity index (χ3n) is 3.53. The molecule has 0 amide bonds. The normalized spacial score (nSPS) is 14.0. The lowest BCUT2D eigenvalue weighted by Crippen LogP contribution is -2.39. The van der Waals surface area contributed by atoms with Crippen LogP contribution in [0.15, 0.2) is 18.2 Å². The zero-order valence-electron chi connectivity index (χ0n) is 11.5. The quantitative estimate of drug-likeness (QED) is 0.937. The van der Waals surface area contributed by atoms with Gasteiger partial charge < -0.3 is 5.11 Å². The SMILES string of the molecule is CCC(C)(C(=O)O)n1nnnc1-c1cc(Cl)ccc1C. The molecule has 0 aliphatic rings. The lowest BCUT2D eigenvalue weighted by Gasteiger charge is -2.24. The molecule has 0 saturated carbocycles. The molecule has 2 rings (SSSR count). The zero-order valence-corrected chi connectivity index (χ0v) is 12.2. The van der Waals surface area contributed by atoms with Gasteiger partial charge in [0.1, 0.15) is 0 Å². The Morgan fingerprint density at radius 1 is 1.50 bits per heavy atom. The maximum Gasteiger partial charge on any atom is 0.331 e. The lowest BCUT2D eigenvalue weighted by atomic mass is 9.98. The molecule has 0 fully saturated rings. The van der Waals surface area contributed by atoms with E-state index in [2.05, 4.69) is 15.5 Å². The van der Waals surface area contributed by atoms with Gasteiger partial charge >= 0.3 is 5.97 Å². The molecule has 106 valence electrons. The van der Waals surface area contributed by atoms with Gasteiger partial charge in [-0.05, 0) is 48.4 Å². The summed E-state index contributed by atoms with van der Waals surface area (Å²) in [6.45, 7) is 5.27. The number of aromatic nitrogens is 4. The summed E-state index contributed by atoms with van der Waals surface area (Å²) in [5, 5.41) is 21.5. The van der Waals surface area contributed by atoms with Crippen LogP contribution >= 0.6 is 11.6 Å². The highest BCUT2D eigenvalue weighted by Gasteiger charge is 2.37. The van der Waals surface area contributed by atoms with Crippen molar-refractivity contribution < 1.29 is 9.90 Å². The Labute approximate surface area is 121 Å². The molecule has 0 radical (unpaired) electrons. The lowest BCUT2D eigenvalue weighted by molar-refractivity contribution is -0.147. The molecule has 0 bridgehead atoms. The van der Waals surface area contributed by atoms with E-state index in [0.29, 0.717) is 17.3 Å². The first kappa shape index (κ1) is 14.5. The predicted molar refractivity (Wildman–Crippen MR) is 74.6 cm³/mol. The highest BCUT2D eigenvalue weighted by Crippen LogP contribution is 2.29. The average Bonchev–Trinajstić information content (AvgIpc) is 2.90. The van der Waals surface area contributed by atoms with Crippen molar-refractivity contribution in [1.82, 2.24) is 20.2 Å². The Kier molecular flexibility index (Phi) is 3.76. The van der Waals surface area contributed by atoms with Crippen molar-refractivity contribution in [3.63, 3.8) is 0 Å². The first-order chi connectivity index (χ1) is 9.40. The van der Waals surface area contributed by atoms with Gasteiger partial charge in [0.25, 0.3) is 0 Å². The number of carbonyl (C=O) groups is 1. The number of benzene rings is 1. The molecule has 0 aliphatic heterocycles. The molecule has 0 saturated heterocycles. The number of aryl methyl sites for hydroxylation is 1. The van der Waals surface area contributed by atoms with Crippen LogP contribution in [0.2, 0.25) is 5.02 Å². The number of carboxylic acids is 1. The van der Waals surface area contributed by atoms with Crippen LogP contribution in [-0.2, 0) is 10.3 Å². The molecule has 0 aliphatic carbocycles. The summed E-state index contributed by atoms with van der Waals surface area (Å²) in [5.74, 6) is -0.579. The monoisotopic (exact) mass is 294 g/mol. The van der Waals surface area contributed by atoms with Gasteiger partial charge in [-0.2, -0.15) is 0 Å². The molecular weight excluding hydrogens is 280 g/mol. The minimum Gasteiger partial charge on any atom is -0.479 e. The van der Waals surface area contributed by atoms with E-state index in [1.54, 1.807) is 26.0 Å². The van der Waals surface area contributed by atoms with Crippen LogP contribution in [0.3, 0.4) is 0 Å². The number of halogens is 1. The number of aliphatic carboxylic acids is 1. The molecular formula is C13H15ClN4O2. The molecule has 1 N–H and O–H groups in total. The van der Waals surface area contributed by atoms with E-state index in [0.717, 1.165) is 11.1 Å². The van der Waals surface area contributed by atoms with Crippen LogP contribution in [0.1, 0.15) is 25.8 Å². The van der Waals surface area contributed by atoms with Crippen LogP contribution in [0.5, 0.6) is 0 Å². The number of hydrogen-bond acceptors (Lipinski definition) is 4. The second-order valence-electron chi connectivity index (χ2n) is 4.81. The Morgan fingerprint density at radius 3 is 2.80 bits per heavy atom. The van der Waals surface area contributed by atoms with Gasteiger partial charge in [-0.15, -0.1) is 5.10 Å². The summed E-state index contributed by atoms with van der Waals surface area (Å²) in [5.41, 5.74) is 0.450. The van der Waals surface area contributed by atoms with E-state index in [-0.39, 0.29) is 0 Å². The van der Waals surface area contributed by atoms with E-state index >= 15 is 0 Å². The highest BCUT2D eigenvalue weighted by atomic mass is 35.5. The summed E-state index contributed by atoms with van der Waals surface area (Å²) in [4.78, 5) is 11.5. The highest BCUT2D eigenvalue weighted by molar-refractivity contribution is 6.30. The third-order valence-corrected chi connectivity index (χ3v) is 3.76. The van der Waals surface area contributed by atoms with Gasteiger partial charge in [-0.1, -0.05) is 24.6 Å². The van der Waals surface area contributed by atoms with Crippen LogP contribution < -0.4 is 0 Å². The molecule has 1 heterocycles. The topological polar surface area (TPSA) is 80.9 Å². The molecule has 0 spiro atoms. The van der Waals surface area contributed by atoms with Crippen molar-refractivity contribution in [3.8, 4) is 11.4 Å². The number of rotatable bonds is 4. The Hall–Kier alpha value is -1.95. The Morgan fingerprint density at radius 2 is 2.20 bits per heavy atom. The van der Waals surface area contributed by atoms with Gasteiger partial charge in [-0.3, -0.25) is 0 Å². The van der Waals surface area contributed by atoms with E-state index < -0.39 is 11.5 Å². The van der Waals surface area contributed by atoms with E-state index in [4.69, 9.17) is 11.6 Å². The smallest absolute Gasteiger partial charge is 0.331 e. The second-order valence-corrected chi connectivity index (χ2v) is 5.24. The molecule has 20 heavy (non-hydrogen) atoms. The third kappa shape index (κ3) is 2.27. The molecule has 1 aromatic carbocycles. The number of tetrazole rings is 1. The van der Waals surface area contributed by atoms with E-state index in [1.165, 1.54) is 4.68 Å². The minimum atomic E-state index is -1.20. The number of nitrogens with zero attached hydrogens (tertiary/aromatic N) is 4. The summed E-state index contributed by atoms with van der Waals surface area (Å²) >= 11 is 6.00.